The Bertz CT molecular complexity index is 784. The van der Waals surface area contributed by atoms with E-state index >= 15 is 0 Å². The van der Waals surface area contributed by atoms with E-state index in [9.17, 15) is 0 Å². The second-order valence-corrected chi connectivity index (χ2v) is 11.1. The largest absolute Gasteiger partial charge is 0.489 e. The highest BCUT2D eigenvalue weighted by molar-refractivity contribution is 9.11. The average Bonchev–Trinajstić information content (AvgIpc) is 2.99. The first-order valence-electron chi connectivity index (χ1n) is 10.4. The molecule has 0 heterocycles. The van der Waals surface area contributed by atoms with Gasteiger partial charge in [-0.2, -0.15) is 0 Å². The SMILES string of the molecule is OCCOc1c(Br)cc(C2(c3cc(Br)c(OCCO)c(Br)c3)CCCCCC2)cc1Br. The Kier molecular flexibility index (Phi) is 9.74. The molecule has 4 nitrogen and oxygen atoms in total. The van der Waals surface area contributed by atoms with E-state index in [0.717, 1.165) is 43.6 Å². The van der Waals surface area contributed by atoms with Gasteiger partial charge in [0.15, 0.2) is 0 Å². The predicted octanol–water partition coefficient (Wildman–Crippen LogP) is 7.12. The first kappa shape index (κ1) is 25.5. The van der Waals surface area contributed by atoms with Crippen molar-refractivity contribution in [3.63, 3.8) is 0 Å². The zero-order valence-corrected chi connectivity index (χ0v) is 23.4. The third kappa shape index (κ3) is 5.87. The molecule has 0 unspecified atom stereocenters. The average molecular weight is 686 g/mol. The lowest BCUT2D eigenvalue weighted by molar-refractivity contribution is 0.199. The van der Waals surface area contributed by atoms with Gasteiger partial charge in [-0.3, -0.25) is 0 Å². The topological polar surface area (TPSA) is 58.9 Å². The monoisotopic (exact) mass is 682 g/mol. The minimum Gasteiger partial charge on any atom is -0.489 e. The molecule has 2 N–H and O–H groups in total. The summed E-state index contributed by atoms with van der Waals surface area (Å²) in [6.07, 6.45) is 6.91. The third-order valence-corrected chi connectivity index (χ3v) is 8.09. The van der Waals surface area contributed by atoms with E-state index in [1.165, 1.54) is 24.0 Å². The number of hydrogen-bond donors (Lipinski definition) is 2. The Morgan fingerprint density at radius 2 is 1.00 bits per heavy atom. The molecule has 0 atom stereocenters. The van der Waals surface area contributed by atoms with E-state index in [-0.39, 0.29) is 31.8 Å². The molecule has 0 aliphatic heterocycles. The molecular formula is C23H26Br4O4. The first-order valence-corrected chi connectivity index (χ1v) is 13.6. The van der Waals surface area contributed by atoms with Gasteiger partial charge in [0.2, 0.25) is 0 Å². The maximum Gasteiger partial charge on any atom is 0.147 e. The molecule has 8 heteroatoms. The van der Waals surface area contributed by atoms with Crippen LogP contribution >= 0.6 is 63.7 Å². The highest BCUT2D eigenvalue weighted by atomic mass is 79.9. The lowest BCUT2D eigenvalue weighted by Crippen LogP contribution is -2.27. The second kappa shape index (κ2) is 11.8. The summed E-state index contributed by atoms with van der Waals surface area (Å²) in [7, 11) is 0. The van der Waals surface area contributed by atoms with Gasteiger partial charge in [0, 0.05) is 5.41 Å². The molecule has 0 spiro atoms. The van der Waals surface area contributed by atoms with Crippen LogP contribution in [0.2, 0.25) is 0 Å². The fourth-order valence-electron chi connectivity index (χ4n) is 4.32. The van der Waals surface area contributed by atoms with Gasteiger partial charge in [0.25, 0.3) is 0 Å². The lowest BCUT2D eigenvalue weighted by Gasteiger charge is -2.35. The normalized spacial score (nSPS) is 16.1. The van der Waals surface area contributed by atoms with Crippen molar-refractivity contribution in [3.05, 3.63) is 53.3 Å². The molecule has 0 amide bonds. The van der Waals surface area contributed by atoms with E-state index in [1.54, 1.807) is 0 Å². The maximum atomic E-state index is 9.13. The predicted molar refractivity (Wildman–Crippen MR) is 137 cm³/mol. The zero-order chi connectivity index (χ0) is 22.4. The summed E-state index contributed by atoms with van der Waals surface area (Å²) in [4.78, 5) is 0. The van der Waals surface area contributed by atoms with E-state index in [4.69, 9.17) is 19.7 Å². The molecule has 1 aliphatic rings. The van der Waals surface area contributed by atoms with Crippen molar-refractivity contribution in [3.8, 4) is 11.5 Å². The van der Waals surface area contributed by atoms with Gasteiger partial charge >= 0.3 is 0 Å². The van der Waals surface area contributed by atoms with E-state index in [0.29, 0.717) is 11.5 Å². The molecule has 0 saturated heterocycles. The van der Waals surface area contributed by atoms with Gasteiger partial charge in [-0.05, 0) is 112 Å². The Labute approximate surface area is 217 Å². The summed E-state index contributed by atoms with van der Waals surface area (Å²) >= 11 is 14.7. The molecule has 1 aliphatic carbocycles. The summed E-state index contributed by atoms with van der Waals surface area (Å²) in [5, 5.41) is 18.3. The van der Waals surface area contributed by atoms with Crippen molar-refractivity contribution >= 4 is 63.7 Å². The fourth-order valence-corrected chi connectivity index (χ4v) is 7.15. The molecule has 0 radical (unpaired) electrons. The minimum atomic E-state index is -0.141. The fraction of sp³-hybridized carbons (Fsp3) is 0.478. The molecule has 0 aromatic heterocycles. The molecule has 170 valence electrons. The zero-order valence-electron chi connectivity index (χ0n) is 17.1. The molecule has 2 aromatic carbocycles. The molecule has 2 aromatic rings. The molecule has 1 fully saturated rings. The number of halogens is 4. The minimum absolute atomic E-state index is 0.0304. The third-order valence-electron chi connectivity index (χ3n) is 5.73. The smallest absolute Gasteiger partial charge is 0.147 e. The van der Waals surface area contributed by atoms with Gasteiger partial charge in [0.05, 0.1) is 31.1 Å². The van der Waals surface area contributed by atoms with Crippen LogP contribution in [0.25, 0.3) is 0 Å². The Morgan fingerprint density at radius 3 is 1.32 bits per heavy atom. The number of benzene rings is 2. The summed E-state index contributed by atoms with van der Waals surface area (Å²) in [6, 6.07) is 8.61. The molecular weight excluding hydrogens is 660 g/mol. The van der Waals surface area contributed by atoms with E-state index in [2.05, 4.69) is 88.0 Å². The van der Waals surface area contributed by atoms with Crippen LogP contribution in [0, 0.1) is 0 Å². The van der Waals surface area contributed by atoms with Gasteiger partial charge < -0.3 is 19.7 Å². The Balaban J connectivity index is 2.11. The van der Waals surface area contributed by atoms with Crippen molar-refractivity contribution in [2.45, 2.75) is 43.9 Å². The van der Waals surface area contributed by atoms with Gasteiger partial charge in [0.1, 0.15) is 24.7 Å². The molecule has 1 saturated carbocycles. The Hall–Kier alpha value is -0.120. The lowest BCUT2D eigenvalue weighted by atomic mass is 9.69. The van der Waals surface area contributed by atoms with Crippen LogP contribution in [0.1, 0.15) is 49.7 Å². The number of aliphatic hydroxyl groups is 2. The van der Waals surface area contributed by atoms with Crippen molar-refractivity contribution in [2.24, 2.45) is 0 Å². The number of hydrogen-bond acceptors (Lipinski definition) is 4. The summed E-state index contributed by atoms with van der Waals surface area (Å²) in [6.45, 7) is 0.433. The van der Waals surface area contributed by atoms with E-state index in [1.807, 2.05) is 0 Å². The van der Waals surface area contributed by atoms with E-state index < -0.39 is 0 Å². The number of ether oxygens (including phenoxy) is 2. The number of aliphatic hydroxyl groups excluding tert-OH is 2. The highest BCUT2D eigenvalue weighted by Gasteiger charge is 2.36. The summed E-state index contributed by atoms with van der Waals surface area (Å²) < 4.78 is 14.9. The maximum absolute atomic E-state index is 9.13. The second-order valence-electron chi connectivity index (χ2n) is 7.68. The van der Waals surface area contributed by atoms with Crippen LogP contribution in [0.5, 0.6) is 11.5 Å². The standard InChI is InChI=1S/C23H26Br4O4/c24-17-11-15(12-18(25)21(17)30-9-7-28)23(5-3-1-2-4-6-23)16-13-19(26)22(20(27)14-16)31-10-8-29/h11-14,28-29H,1-10H2. The van der Waals surface area contributed by atoms with Crippen molar-refractivity contribution in [1.82, 2.24) is 0 Å². The van der Waals surface area contributed by atoms with Crippen molar-refractivity contribution in [1.29, 1.82) is 0 Å². The number of rotatable bonds is 8. The van der Waals surface area contributed by atoms with Crippen LogP contribution in [0.15, 0.2) is 42.2 Å². The van der Waals surface area contributed by atoms with Crippen LogP contribution in [0.4, 0.5) is 0 Å². The van der Waals surface area contributed by atoms with Crippen LogP contribution in [-0.4, -0.2) is 36.6 Å². The van der Waals surface area contributed by atoms with Gasteiger partial charge in [-0.15, -0.1) is 0 Å². The van der Waals surface area contributed by atoms with Crippen LogP contribution in [0.3, 0.4) is 0 Å². The summed E-state index contributed by atoms with van der Waals surface area (Å²) in [5.41, 5.74) is 2.32. The quantitative estimate of drug-likeness (QED) is 0.291. The van der Waals surface area contributed by atoms with Crippen molar-refractivity contribution in [2.75, 3.05) is 26.4 Å². The van der Waals surface area contributed by atoms with Gasteiger partial charge in [-0.1, -0.05) is 25.7 Å². The molecule has 31 heavy (non-hydrogen) atoms. The van der Waals surface area contributed by atoms with Crippen molar-refractivity contribution < 1.29 is 19.7 Å². The molecule has 3 rings (SSSR count). The molecule has 0 bridgehead atoms. The summed E-state index contributed by atoms with van der Waals surface area (Å²) in [5.74, 6) is 1.41. The van der Waals surface area contributed by atoms with Crippen LogP contribution in [-0.2, 0) is 5.41 Å². The Morgan fingerprint density at radius 1 is 0.645 bits per heavy atom. The van der Waals surface area contributed by atoms with Crippen LogP contribution < -0.4 is 9.47 Å². The highest BCUT2D eigenvalue weighted by Crippen LogP contribution is 2.49. The van der Waals surface area contributed by atoms with Gasteiger partial charge in [-0.25, -0.2) is 0 Å². The first-order chi connectivity index (χ1) is 14.9.